The molecule has 0 aliphatic heterocycles. The van der Waals surface area contributed by atoms with E-state index < -0.39 is 0 Å². The highest BCUT2D eigenvalue weighted by Gasteiger charge is 2.21. The minimum absolute atomic E-state index is 0.148. The summed E-state index contributed by atoms with van der Waals surface area (Å²) in [5.41, 5.74) is 1.44. The molecule has 1 aliphatic rings. The van der Waals surface area contributed by atoms with Gasteiger partial charge in [-0.2, -0.15) is 0 Å². The van der Waals surface area contributed by atoms with Crippen LogP contribution in [0, 0.1) is 5.92 Å². The van der Waals surface area contributed by atoms with E-state index in [-0.39, 0.29) is 5.54 Å². The normalized spacial score (nSPS) is 23.0. The highest BCUT2D eigenvalue weighted by molar-refractivity contribution is 5.28. The Labute approximate surface area is 130 Å². The van der Waals surface area contributed by atoms with Crippen molar-refractivity contribution in [2.45, 2.75) is 78.0 Å². The molecule has 1 aromatic rings. The fourth-order valence-corrected chi connectivity index (χ4v) is 2.95. The van der Waals surface area contributed by atoms with Crippen LogP contribution in [-0.4, -0.2) is 11.6 Å². The molecule has 0 unspecified atom stereocenters. The van der Waals surface area contributed by atoms with Gasteiger partial charge in [0.25, 0.3) is 0 Å². The van der Waals surface area contributed by atoms with Gasteiger partial charge in [-0.15, -0.1) is 0 Å². The molecule has 1 N–H and O–H groups in total. The largest absolute Gasteiger partial charge is 0.490 e. The van der Waals surface area contributed by atoms with Crippen LogP contribution in [0.3, 0.4) is 0 Å². The first-order chi connectivity index (χ1) is 9.96. The zero-order valence-electron chi connectivity index (χ0n) is 14.1. The van der Waals surface area contributed by atoms with Crippen molar-refractivity contribution in [3.05, 3.63) is 29.8 Å². The Morgan fingerprint density at radius 1 is 1.14 bits per heavy atom. The summed E-state index contributed by atoms with van der Waals surface area (Å²) in [4.78, 5) is 0. The Morgan fingerprint density at radius 2 is 1.86 bits per heavy atom. The van der Waals surface area contributed by atoms with E-state index in [0.717, 1.165) is 18.2 Å². The lowest BCUT2D eigenvalue weighted by Gasteiger charge is -2.28. The Balaban J connectivity index is 1.86. The van der Waals surface area contributed by atoms with Crippen molar-refractivity contribution in [1.29, 1.82) is 0 Å². The summed E-state index contributed by atoms with van der Waals surface area (Å²) in [5.74, 6) is 1.95. The fraction of sp³-hybridized carbons (Fsp3) is 0.684. The number of benzene rings is 1. The molecular weight excluding hydrogens is 258 g/mol. The summed E-state index contributed by atoms with van der Waals surface area (Å²) >= 11 is 0. The van der Waals surface area contributed by atoms with Gasteiger partial charge >= 0.3 is 0 Å². The summed E-state index contributed by atoms with van der Waals surface area (Å²) < 4.78 is 6.19. The zero-order valence-corrected chi connectivity index (χ0v) is 14.1. The van der Waals surface area contributed by atoms with Crippen molar-refractivity contribution in [1.82, 2.24) is 5.32 Å². The van der Waals surface area contributed by atoms with E-state index in [9.17, 15) is 0 Å². The van der Waals surface area contributed by atoms with Crippen LogP contribution in [0.25, 0.3) is 0 Å². The predicted molar refractivity (Wildman–Crippen MR) is 89.7 cm³/mol. The minimum atomic E-state index is 0.148. The zero-order chi connectivity index (χ0) is 15.3. The quantitative estimate of drug-likeness (QED) is 0.830. The smallest absolute Gasteiger partial charge is 0.120 e. The van der Waals surface area contributed by atoms with Crippen molar-refractivity contribution < 1.29 is 4.74 Å². The van der Waals surface area contributed by atoms with Gasteiger partial charge in [-0.25, -0.2) is 0 Å². The molecule has 0 aromatic heterocycles. The van der Waals surface area contributed by atoms with Gasteiger partial charge in [-0.3, -0.25) is 0 Å². The van der Waals surface area contributed by atoms with Crippen molar-refractivity contribution in [3.8, 4) is 5.75 Å². The second-order valence-corrected chi connectivity index (χ2v) is 7.42. The second kappa shape index (κ2) is 7.31. The van der Waals surface area contributed by atoms with Gasteiger partial charge in [0.05, 0.1) is 6.10 Å². The van der Waals surface area contributed by atoms with Crippen molar-refractivity contribution in [2.75, 3.05) is 0 Å². The van der Waals surface area contributed by atoms with Crippen LogP contribution in [0.1, 0.15) is 65.4 Å². The van der Waals surface area contributed by atoms with Crippen LogP contribution >= 0.6 is 0 Å². The SMILES string of the molecule is CCC1CCC(Oc2cccc(CNC(C)(C)C)c2)CC1. The Bertz CT molecular complexity index is 427. The lowest BCUT2D eigenvalue weighted by molar-refractivity contribution is 0.130. The van der Waals surface area contributed by atoms with E-state index in [0.29, 0.717) is 6.10 Å². The molecule has 118 valence electrons. The van der Waals surface area contributed by atoms with Gasteiger partial charge < -0.3 is 10.1 Å². The third-order valence-electron chi connectivity index (χ3n) is 4.40. The lowest BCUT2D eigenvalue weighted by atomic mass is 9.86. The third kappa shape index (κ3) is 5.70. The van der Waals surface area contributed by atoms with Crippen LogP contribution in [0.5, 0.6) is 5.75 Å². The van der Waals surface area contributed by atoms with Gasteiger partial charge in [0, 0.05) is 12.1 Å². The highest BCUT2D eigenvalue weighted by Crippen LogP contribution is 2.29. The molecule has 1 saturated carbocycles. The van der Waals surface area contributed by atoms with Crippen molar-refractivity contribution in [2.24, 2.45) is 5.92 Å². The molecule has 21 heavy (non-hydrogen) atoms. The van der Waals surface area contributed by atoms with E-state index >= 15 is 0 Å². The van der Waals surface area contributed by atoms with Gasteiger partial charge in [0.15, 0.2) is 0 Å². The molecule has 2 nitrogen and oxygen atoms in total. The van der Waals surface area contributed by atoms with E-state index in [4.69, 9.17) is 4.74 Å². The minimum Gasteiger partial charge on any atom is -0.490 e. The van der Waals surface area contributed by atoms with Gasteiger partial charge in [0.1, 0.15) is 5.75 Å². The number of rotatable bonds is 5. The first-order valence-electron chi connectivity index (χ1n) is 8.47. The predicted octanol–water partition coefficient (Wildman–Crippen LogP) is 4.92. The van der Waals surface area contributed by atoms with Crippen LogP contribution in [0.4, 0.5) is 0 Å². The standard InChI is InChI=1S/C19H31NO/c1-5-15-9-11-17(12-10-15)21-18-8-6-7-16(13-18)14-20-19(2,3)4/h6-8,13,15,17,20H,5,9-12,14H2,1-4H3. The summed E-state index contributed by atoms with van der Waals surface area (Å²) in [5, 5.41) is 3.53. The first kappa shape index (κ1) is 16.4. The Hall–Kier alpha value is -1.02. The third-order valence-corrected chi connectivity index (χ3v) is 4.40. The van der Waals surface area contributed by atoms with Crippen molar-refractivity contribution in [3.63, 3.8) is 0 Å². The van der Waals surface area contributed by atoms with Crippen molar-refractivity contribution >= 4 is 0 Å². The summed E-state index contributed by atoms with van der Waals surface area (Å²) in [6.07, 6.45) is 6.81. The molecule has 1 aliphatic carbocycles. The molecule has 0 heterocycles. The van der Waals surface area contributed by atoms with E-state index in [1.54, 1.807) is 0 Å². The highest BCUT2D eigenvalue weighted by atomic mass is 16.5. The number of ether oxygens (including phenoxy) is 1. The maximum atomic E-state index is 6.19. The monoisotopic (exact) mass is 289 g/mol. The maximum Gasteiger partial charge on any atom is 0.120 e. The topological polar surface area (TPSA) is 21.3 Å². The molecule has 2 rings (SSSR count). The van der Waals surface area contributed by atoms with Gasteiger partial charge in [-0.05, 0) is 70.1 Å². The molecule has 0 bridgehead atoms. The van der Waals surface area contributed by atoms with E-state index in [1.807, 2.05) is 0 Å². The van der Waals surface area contributed by atoms with E-state index in [2.05, 4.69) is 57.3 Å². The van der Waals surface area contributed by atoms with Crippen LogP contribution in [-0.2, 0) is 6.54 Å². The average Bonchev–Trinajstić information content (AvgIpc) is 2.46. The molecule has 0 radical (unpaired) electrons. The Kier molecular flexibility index (Phi) is 5.69. The fourth-order valence-electron chi connectivity index (χ4n) is 2.95. The van der Waals surface area contributed by atoms with Crippen LogP contribution in [0.2, 0.25) is 0 Å². The molecule has 1 fully saturated rings. The maximum absolute atomic E-state index is 6.19. The summed E-state index contributed by atoms with van der Waals surface area (Å²) in [6.45, 7) is 9.78. The Morgan fingerprint density at radius 3 is 2.48 bits per heavy atom. The van der Waals surface area contributed by atoms with Crippen LogP contribution in [0.15, 0.2) is 24.3 Å². The lowest BCUT2D eigenvalue weighted by Crippen LogP contribution is -2.35. The van der Waals surface area contributed by atoms with Gasteiger partial charge in [0.2, 0.25) is 0 Å². The molecule has 0 spiro atoms. The molecule has 1 aromatic carbocycles. The van der Waals surface area contributed by atoms with Crippen LogP contribution < -0.4 is 10.1 Å². The second-order valence-electron chi connectivity index (χ2n) is 7.42. The molecule has 0 atom stereocenters. The number of nitrogens with one attached hydrogen (secondary N) is 1. The molecule has 0 saturated heterocycles. The molecular formula is C19H31NO. The number of hydrogen-bond donors (Lipinski definition) is 1. The summed E-state index contributed by atoms with van der Waals surface area (Å²) in [7, 11) is 0. The first-order valence-corrected chi connectivity index (χ1v) is 8.47. The van der Waals surface area contributed by atoms with E-state index in [1.165, 1.54) is 37.7 Å². The average molecular weight is 289 g/mol. The van der Waals surface area contributed by atoms with Gasteiger partial charge in [-0.1, -0.05) is 25.5 Å². The molecule has 0 amide bonds. The number of hydrogen-bond acceptors (Lipinski definition) is 2. The molecule has 2 heteroatoms. The summed E-state index contributed by atoms with van der Waals surface area (Å²) in [6, 6.07) is 8.55.